The molecule has 2 amide bonds. The Bertz CT molecular complexity index is 787. The van der Waals surface area contributed by atoms with E-state index in [1.165, 1.54) is 11.1 Å². The number of benzene rings is 2. The van der Waals surface area contributed by atoms with Crippen LogP contribution in [0.5, 0.6) is 11.5 Å². The van der Waals surface area contributed by atoms with E-state index in [1.807, 2.05) is 48.5 Å². The highest BCUT2D eigenvalue weighted by Crippen LogP contribution is 2.19. The van der Waals surface area contributed by atoms with Gasteiger partial charge in [-0.25, -0.2) is 0 Å². The quantitative estimate of drug-likeness (QED) is 0.353. The third-order valence-electron chi connectivity index (χ3n) is 5.58. The molecule has 2 rings (SSSR count). The van der Waals surface area contributed by atoms with Gasteiger partial charge in [0.05, 0.1) is 0 Å². The minimum Gasteiger partial charge on any atom is -0.484 e. The summed E-state index contributed by atoms with van der Waals surface area (Å²) in [5.74, 6) is 2.13. The van der Waals surface area contributed by atoms with Crippen LogP contribution in [-0.4, -0.2) is 38.1 Å². The van der Waals surface area contributed by atoms with Gasteiger partial charge in [0, 0.05) is 13.1 Å². The predicted octanol–water partition coefficient (Wildman–Crippen LogP) is 5.18. The summed E-state index contributed by atoms with van der Waals surface area (Å²) in [6.07, 6.45) is 3.79. The number of ether oxygens (including phenoxy) is 2. The predicted molar refractivity (Wildman–Crippen MR) is 137 cm³/mol. The van der Waals surface area contributed by atoms with E-state index >= 15 is 0 Å². The van der Waals surface area contributed by atoms with Crippen LogP contribution in [0.25, 0.3) is 0 Å². The maximum Gasteiger partial charge on any atom is 0.257 e. The van der Waals surface area contributed by atoms with Crippen LogP contribution in [0, 0.1) is 0 Å². The molecule has 0 bridgehead atoms. The minimum absolute atomic E-state index is 0.0248. The van der Waals surface area contributed by atoms with Gasteiger partial charge in [0.1, 0.15) is 11.5 Å². The van der Waals surface area contributed by atoms with Gasteiger partial charge in [-0.15, -0.1) is 0 Å². The summed E-state index contributed by atoms with van der Waals surface area (Å²) >= 11 is 0. The van der Waals surface area contributed by atoms with Gasteiger partial charge in [0.2, 0.25) is 0 Å². The van der Waals surface area contributed by atoms with Crippen LogP contribution in [0.2, 0.25) is 0 Å². The number of amides is 2. The summed E-state index contributed by atoms with van der Waals surface area (Å²) in [6, 6.07) is 15.7. The van der Waals surface area contributed by atoms with Crippen molar-refractivity contribution in [1.82, 2.24) is 10.6 Å². The number of hydrogen-bond donors (Lipinski definition) is 2. The third kappa shape index (κ3) is 10.7. The summed E-state index contributed by atoms with van der Waals surface area (Å²) in [7, 11) is 0. The van der Waals surface area contributed by atoms with Crippen molar-refractivity contribution in [2.45, 2.75) is 65.2 Å². The van der Waals surface area contributed by atoms with Gasteiger partial charge in [-0.05, 0) is 60.1 Å². The molecule has 0 aliphatic carbocycles. The number of unbranched alkanes of at least 4 members (excludes halogenated alkanes) is 3. The minimum atomic E-state index is -0.112. The third-order valence-corrected chi connectivity index (χ3v) is 5.58. The molecule has 0 aliphatic heterocycles. The largest absolute Gasteiger partial charge is 0.484 e. The highest BCUT2D eigenvalue weighted by atomic mass is 16.5. The number of nitrogens with one attached hydrogen (secondary N) is 2. The molecule has 0 aromatic heterocycles. The maximum absolute atomic E-state index is 11.9. The van der Waals surface area contributed by atoms with Crippen molar-refractivity contribution in [3.05, 3.63) is 59.7 Å². The molecule has 186 valence electrons. The second-order valence-corrected chi connectivity index (χ2v) is 9.14. The monoisotopic (exact) mass is 468 g/mol. The van der Waals surface area contributed by atoms with Crippen molar-refractivity contribution in [2.24, 2.45) is 0 Å². The van der Waals surface area contributed by atoms with Crippen LogP contribution in [0.4, 0.5) is 0 Å². The van der Waals surface area contributed by atoms with Crippen LogP contribution in [0.3, 0.4) is 0 Å². The van der Waals surface area contributed by atoms with E-state index < -0.39 is 0 Å². The van der Waals surface area contributed by atoms with Gasteiger partial charge >= 0.3 is 0 Å². The maximum atomic E-state index is 11.9. The van der Waals surface area contributed by atoms with E-state index in [0.29, 0.717) is 36.4 Å². The van der Waals surface area contributed by atoms with Crippen molar-refractivity contribution in [3.8, 4) is 11.5 Å². The van der Waals surface area contributed by atoms with Crippen molar-refractivity contribution in [3.63, 3.8) is 0 Å². The highest BCUT2D eigenvalue weighted by Gasteiger charge is 2.05. The first-order chi connectivity index (χ1) is 16.3. The van der Waals surface area contributed by atoms with E-state index in [2.05, 4.69) is 38.3 Å². The molecule has 0 spiro atoms. The van der Waals surface area contributed by atoms with Gasteiger partial charge < -0.3 is 20.1 Å². The number of carbonyl (C=O) groups excluding carboxylic acids is 2. The molecule has 0 atom stereocenters. The Hall–Kier alpha value is -3.02. The van der Waals surface area contributed by atoms with Crippen molar-refractivity contribution < 1.29 is 19.1 Å². The van der Waals surface area contributed by atoms with Gasteiger partial charge in [0.15, 0.2) is 13.2 Å². The lowest BCUT2D eigenvalue weighted by Crippen LogP contribution is -2.30. The average molecular weight is 469 g/mol. The van der Waals surface area contributed by atoms with E-state index in [-0.39, 0.29) is 25.0 Å². The second-order valence-electron chi connectivity index (χ2n) is 9.14. The Morgan fingerprint density at radius 3 is 1.29 bits per heavy atom. The molecule has 0 radical (unpaired) electrons. The first-order valence-electron chi connectivity index (χ1n) is 12.3. The van der Waals surface area contributed by atoms with E-state index in [1.54, 1.807) is 0 Å². The lowest BCUT2D eigenvalue weighted by atomic mass is 10.0. The van der Waals surface area contributed by atoms with E-state index in [0.717, 1.165) is 25.7 Å². The first kappa shape index (κ1) is 27.2. The zero-order valence-electron chi connectivity index (χ0n) is 21.1. The molecule has 0 aliphatic rings. The van der Waals surface area contributed by atoms with E-state index in [4.69, 9.17) is 9.47 Å². The number of rotatable bonds is 15. The smallest absolute Gasteiger partial charge is 0.257 e. The summed E-state index contributed by atoms with van der Waals surface area (Å²) < 4.78 is 11.1. The molecular formula is C28H40N2O4. The molecule has 0 heterocycles. The lowest BCUT2D eigenvalue weighted by molar-refractivity contribution is -0.123. The molecular weight excluding hydrogens is 428 g/mol. The molecule has 6 heteroatoms. The number of carbonyl (C=O) groups is 2. The number of hydrogen-bond acceptors (Lipinski definition) is 4. The molecule has 2 aromatic rings. The van der Waals surface area contributed by atoms with Crippen LogP contribution < -0.4 is 20.1 Å². The van der Waals surface area contributed by atoms with Crippen LogP contribution >= 0.6 is 0 Å². The van der Waals surface area contributed by atoms with Gasteiger partial charge in [0.25, 0.3) is 11.8 Å². The molecule has 34 heavy (non-hydrogen) atoms. The van der Waals surface area contributed by atoms with Crippen LogP contribution in [0.1, 0.15) is 76.3 Å². The Morgan fingerprint density at radius 1 is 0.618 bits per heavy atom. The molecule has 0 fully saturated rings. The summed E-state index contributed by atoms with van der Waals surface area (Å²) in [5, 5.41) is 5.77. The Morgan fingerprint density at radius 2 is 0.971 bits per heavy atom. The van der Waals surface area contributed by atoms with Crippen LogP contribution in [-0.2, 0) is 9.59 Å². The fourth-order valence-electron chi connectivity index (χ4n) is 3.36. The summed E-state index contributed by atoms with van der Waals surface area (Å²) in [4.78, 5) is 23.8. The van der Waals surface area contributed by atoms with Gasteiger partial charge in [-0.3, -0.25) is 9.59 Å². The SMILES string of the molecule is CC(C)c1ccc(OCC(=O)NCCCCCCNC(=O)COc2ccc(C(C)C)cc2)cc1. The fraction of sp³-hybridized carbons (Fsp3) is 0.500. The zero-order valence-corrected chi connectivity index (χ0v) is 21.1. The molecule has 0 saturated heterocycles. The van der Waals surface area contributed by atoms with Gasteiger partial charge in [-0.1, -0.05) is 64.8 Å². The van der Waals surface area contributed by atoms with Gasteiger partial charge in [-0.2, -0.15) is 0 Å². The first-order valence-corrected chi connectivity index (χ1v) is 12.3. The molecule has 6 nitrogen and oxygen atoms in total. The topological polar surface area (TPSA) is 76.7 Å². The Balaban J connectivity index is 1.44. The summed E-state index contributed by atoms with van der Waals surface area (Å²) in [6.45, 7) is 9.88. The Labute approximate surface area is 204 Å². The molecule has 0 unspecified atom stereocenters. The fourth-order valence-corrected chi connectivity index (χ4v) is 3.36. The normalized spacial score (nSPS) is 10.9. The van der Waals surface area contributed by atoms with Crippen molar-refractivity contribution >= 4 is 11.8 Å². The van der Waals surface area contributed by atoms with Crippen LogP contribution in [0.15, 0.2) is 48.5 Å². The Kier molecular flexibility index (Phi) is 12.0. The molecule has 2 aromatic carbocycles. The molecule has 0 saturated carbocycles. The highest BCUT2D eigenvalue weighted by molar-refractivity contribution is 5.77. The average Bonchev–Trinajstić information content (AvgIpc) is 2.83. The second kappa shape index (κ2) is 15.0. The van der Waals surface area contributed by atoms with Crippen molar-refractivity contribution in [1.29, 1.82) is 0 Å². The lowest BCUT2D eigenvalue weighted by Gasteiger charge is -2.10. The molecule has 2 N–H and O–H groups in total. The van der Waals surface area contributed by atoms with E-state index in [9.17, 15) is 9.59 Å². The zero-order chi connectivity index (χ0) is 24.8. The van der Waals surface area contributed by atoms with Crippen molar-refractivity contribution in [2.75, 3.05) is 26.3 Å². The summed E-state index contributed by atoms with van der Waals surface area (Å²) in [5.41, 5.74) is 2.49. The standard InChI is InChI=1S/C28H40N2O4/c1-21(2)23-9-13-25(14-10-23)33-19-27(31)29-17-7-5-6-8-18-30-28(32)20-34-26-15-11-24(12-16-26)22(3)4/h9-16,21-22H,5-8,17-20H2,1-4H3,(H,29,31)(H,30,32).